The van der Waals surface area contributed by atoms with Gasteiger partial charge in [0.1, 0.15) is 18.2 Å². The third kappa shape index (κ3) is 3.06. The van der Waals surface area contributed by atoms with Crippen LogP contribution >= 0.6 is 23.2 Å². The van der Waals surface area contributed by atoms with Gasteiger partial charge in [0.15, 0.2) is 0 Å². The van der Waals surface area contributed by atoms with E-state index < -0.39 is 5.82 Å². The third-order valence-electron chi connectivity index (χ3n) is 2.35. The molecule has 0 aliphatic heterocycles. The fraction of sp³-hybridized carbons (Fsp3) is 0.0769. The summed E-state index contributed by atoms with van der Waals surface area (Å²) in [6, 6.07) is 9.31. The Hall–Kier alpha value is -1.45. The maximum Gasteiger partial charge on any atom is 0.138 e. The summed E-state index contributed by atoms with van der Waals surface area (Å²) in [5.74, 6) is 0.0503. The predicted molar refractivity (Wildman–Crippen MR) is 71.6 cm³/mol. The summed E-state index contributed by atoms with van der Waals surface area (Å²) in [4.78, 5) is 0. The van der Waals surface area contributed by atoms with Crippen LogP contribution in [0.2, 0.25) is 10.0 Å². The Balaban J connectivity index is 2.11. The molecule has 0 amide bonds. The predicted octanol–water partition coefficient (Wildman–Crippen LogP) is 4.29. The lowest BCUT2D eigenvalue weighted by Crippen LogP contribution is -1.99. The molecular weight excluding hydrogens is 276 g/mol. The van der Waals surface area contributed by atoms with Crippen LogP contribution in [0.5, 0.6) is 5.75 Å². The van der Waals surface area contributed by atoms with E-state index in [0.717, 1.165) is 0 Å². The fourth-order valence-corrected chi connectivity index (χ4v) is 1.83. The number of hydrogen-bond donors (Lipinski definition) is 1. The van der Waals surface area contributed by atoms with Crippen molar-refractivity contribution in [2.45, 2.75) is 6.61 Å². The van der Waals surface area contributed by atoms with Gasteiger partial charge in [-0.25, -0.2) is 4.39 Å². The van der Waals surface area contributed by atoms with Crippen molar-refractivity contribution >= 4 is 28.9 Å². The van der Waals surface area contributed by atoms with Crippen LogP contribution in [-0.2, 0) is 6.61 Å². The Morgan fingerprint density at radius 2 is 1.89 bits per heavy atom. The highest BCUT2D eigenvalue weighted by Gasteiger charge is 2.06. The van der Waals surface area contributed by atoms with E-state index in [2.05, 4.69) is 0 Å². The Labute approximate surface area is 114 Å². The monoisotopic (exact) mass is 285 g/mol. The molecule has 2 N–H and O–H groups in total. The largest absolute Gasteiger partial charge is 0.487 e. The molecule has 94 valence electrons. The van der Waals surface area contributed by atoms with Crippen molar-refractivity contribution in [2.75, 3.05) is 5.73 Å². The van der Waals surface area contributed by atoms with Crippen molar-refractivity contribution in [3.8, 4) is 5.75 Å². The summed E-state index contributed by atoms with van der Waals surface area (Å²) in [6.07, 6.45) is 0. The summed E-state index contributed by atoms with van der Waals surface area (Å²) >= 11 is 11.6. The van der Waals surface area contributed by atoms with Crippen molar-refractivity contribution in [3.05, 3.63) is 57.8 Å². The number of rotatable bonds is 3. The van der Waals surface area contributed by atoms with E-state index in [1.807, 2.05) is 0 Å². The van der Waals surface area contributed by atoms with E-state index in [9.17, 15) is 4.39 Å². The zero-order valence-corrected chi connectivity index (χ0v) is 10.8. The molecule has 0 aliphatic rings. The Morgan fingerprint density at radius 3 is 2.56 bits per heavy atom. The molecule has 0 bridgehead atoms. The molecule has 2 aromatic carbocycles. The van der Waals surface area contributed by atoms with Gasteiger partial charge in [0.05, 0.1) is 5.02 Å². The molecule has 2 rings (SSSR count). The van der Waals surface area contributed by atoms with Crippen LogP contribution in [0, 0.1) is 5.82 Å². The highest BCUT2D eigenvalue weighted by Crippen LogP contribution is 2.27. The number of anilines is 1. The van der Waals surface area contributed by atoms with Crippen LogP contribution < -0.4 is 10.5 Å². The van der Waals surface area contributed by atoms with Crippen molar-refractivity contribution in [1.29, 1.82) is 0 Å². The number of ether oxygens (including phenoxy) is 1. The minimum absolute atomic E-state index is 0.0760. The molecule has 0 spiro atoms. The Morgan fingerprint density at radius 1 is 1.11 bits per heavy atom. The number of hydrogen-bond acceptors (Lipinski definition) is 2. The Bertz CT molecular complexity index is 523. The van der Waals surface area contributed by atoms with E-state index in [1.54, 1.807) is 30.3 Å². The molecule has 2 aromatic rings. The van der Waals surface area contributed by atoms with Crippen LogP contribution in [0.25, 0.3) is 0 Å². The Kier molecular flexibility index (Phi) is 3.94. The number of benzene rings is 2. The highest BCUT2D eigenvalue weighted by atomic mass is 35.5. The van der Waals surface area contributed by atoms with Crippen molar-refractivity contribution < 1.29 is 9.13 Å². The summed E-state index contributed by atoms with van der Waals surface area (Å²) in [6.45, 7) is 0.0760. The minimum Gasteiger partial charge on any atom is -0.487 e. The van der Waals surface area contributed by atoms with Crippen LogP contribution in [0.4, 0.5) is 10.1 Å². The van der Waals surface area contributed by atoms with Crippen LogP contribution in [-0.4, -0.2) is 0 Å². The first-order chi connectivity index (χ1) is 8.56. The molecule has 18 heavy (non-hydrogen) atoms. The van der Waals surface area contributed by atoms with Gasteiger partial charge in [0.2, 0.25) is 0 Å². The molecule has 0 aromatic heterocycles. The van der Waals surface area contributed by atoms with Gasteiger partial charge in [0.25, 0.3) is 0 Å². The van der Waals surface area contributed by atoms with Gasteiger partial charge in [0, 0.05) is 16.3 Å². The van der Waals surface area contributed by atoms with Gasteiger partial charge < -0.3 is 10.5 Å². The molecule has 2 nitrogen and oxygen atoms in total. The number of nitrogen functional groups attached to an aromatic ring is 1. The fourth-order valence-electron chi connectivity index (χ4n) is 1.43. The molecule has 5 heteroatoms. The molecule has 0 saturated heterocycles. The second kappa shape index (κ2) is 5.46. The van der Waals surface area contributed by atoms with Crippen LogP contribution in [0.1, 0.15) is 5.56 Å². The summed E-state index contributed by atoms with van der Waals surface area (Å²) in [5.41, 5.74) is 6.52. The zero-order chi connectivity index (χ0) is 13.1. The van der Waals surface area contributed by atoms with Crippen LogP contribution in [0.15, 0.2) is 36.4 Å². The number of nitrogens with two attached hydrogens (primary N) is 1. The lowest BCUT2D eigenvalue weighted by Gasteiger charge is -2.09. The van der Waals surface area contributed by atoms with E-state index in [-0.39, 0.29) is 6.61 Å². The second-order valence-electron chi connectivity index (χ2n) is 3.71. The van der Waals surface area contributed by atoms with Gasteiger partial charge in [-0.2, -0.15) is 0 Å². The standard InChI is InChI=1S/C13H10Cl2FNO/c14-9-2-1-8(12(16)5-9)7-18-13-4-3-10(17)6-11(13)15/h1-6H,7,17H2. The normalized spacial score (nSPS) is 10.4. The van der Waals surface area contributed by atoms with E-state index in [0.29, 0.717) is 27.0 Å². The summed E-state index contributed by atoms with van der Waals surface area (Å²) in [7, 11) is 0. The van der Waals surface area contributed by atoms with Crippen molar-refractivity contribution in [1.82, 2.24) is 0 Å². The van der Waals surface area contributed by atoms with Crippen molar-refractivity contribution in [2.24, 2.45) is 0 Å². The zero-order valence-electron chi connectivity index (χ0n) is 9.29. The average Bonchev–Trinajstić information content (AvgIpc) is 2.30. The minimum atomic E-state index is -0.408. The van der Waals surface area contributed by atoms with Gasteiger partial charge in [-0.15, -0.1) is 0 Å². The average molecular weight is 286 g/mol. The molecule has 0 aliphatic carbocycles. The summed E-state index contributed by atoms with van der Waals surface area (Å²) < 4.78 is 18.9. The van der Waals surface area contributed by atoms with E-state index in [4.69, 9.17) is 33.7 Å². The molecule has 0 radical (unpaired) electrons. The van der Waals surface area contributed by atoms with Crippen LogP contribution in [0.3, 0.4) is 0 Å². The molecular formula is C13H10Cl2FNO. The topological polar surface area (TPSA) is 35.2 Å². The van der Waals surface area contributed by atoms with Gasteiger partial charge >= 0.3 is 0 Å². The SMILES string of the molecule is Nc1ccc(OCc2ccc(Cl)cc2F)c(Cl)c1. The third-order valence-corrected chi connectivity index (χ3v) is 2.88. The highest BCUT2D eigenvalue weighted by molar-refractivity contribution is 6.32. The molecule has 0 heterocycles. The van der Waals surface area contributed by atoms with E-state index in [1.165, 1.54) is 6.07 Å². The quantitative estimate of drug-likeness (QED) is 0.854. The molecule has 0 fully saturated rings. The smallest absolute Gasteiger partial charge is 0.138 e. The first-order valence-electron chi connectivity index (χ1n) is 5.18. The van der Waals surface area contributed by atoms with Gasteiger partial charge in [-0.1, -0.05) is 29.3 Å². The summed E-state index contributed by atoms with van der Waals surface area (Å²) in [5, 5.41) is 0.742. The first kappa shape index (κ1) is 13.0. The molecule has 0 unspecified atom stereocenters. The lowest BCUT2D eigenvalue weighted by molar-refractivity contribution is 0.300. The van der Waals surface area contributed by atoms with E-state index >= 15 is 0 Å². The van der Waals surface area contributed by atoms with Crippen molar-refractivity contribution in [3.63, 3.8) is 0 Å². The number of halogens is 3. The lowest BCUT2D eigenvalue weighted by atomic mass is 10.2. The maximum atomic E-state index is 13.5. The molecule has 0 saturated carbocycles. The molecule has 0 atom stereocenters. The second-order valence-corrected chi connectivity index (χ2v) is 4.56. The van der Waals surface area contributed by atoms with Gasteiger partial charge in [-0.05, 0) is 30.3 Å². The first-order valence-corrected chi connectivity index (χ1v) is 5.93. The maximum absolute atomic E-state index is 13.5. The van der Waals surface area contributed by atoms with Gasteiger partial charge in [-0.3, -0.25) is 0 Å².